The van der Waals surface area contributed by atoms with Crippen molar-refractivity contribution in [3.05, 3.63) is 53.6 Å². The number of amides is 1. The molecule has 1 aliphatic heterocycles. The highest BCUT2D eigenvalue weighted by Gasteiger charge is 2.20. The van der Waals surface area contributed by atoms with Crippen molar-refractivity contribution < 1.29 is 23.8 Å². The van der Waals surface area contributed by atoms with E-state index in [4.69, 9.17) is 14.2 Å². The molecule has 30 heavy (non-hydrogen) atoms. The van der Waals surface area contributed by atoms with Crippen LogP contribution in [-0.2, 0) is 20.7 Å². The summed E-state index contributed by atoms with van der Waals surface area (Å²) in [5.74, 6) is -0.0805. The standard InChI is InChI=1S/C23H28N2O5/c1-3-17-5-8-19(9-6-17)30-16-22(26)24-18-7-10-21(25-11-13-28-14-12-25)20(15-18)23(27)29-4-2/h5-10,15H,3-4,11-14,16H2,1-2H3,(H,24,26). The van der Waals surface area contributed by atoms with Gasteiger partial charge in [-0.25, -0.2) is 4.79 Å². The number of ether oxygens (including phenoxy) is 3. The first kappa shape index (κ1) is 21.6. The van der Waals surface area contributed by atoms with Gasteiger partial charge in [-0.15, -0.1) is 0 Å². The second kappa shape index (κ2) is 10.6. The van der Waals surface area contributed by atoms with Crippen LogP contribution in [0.4, 0.5) is 11.4 Å². The molecule has 2 aromatic carbocycles. The molecule has 0 spiro atoms. The fourth-order valence-electron chi connectivity index (χ4n) is 3.23. The van der Waals surface area contributed by atoms with E-state index >= 15 is 0 Å². The topological polar surface area (TPSA) is 77.1 Å². The van der Waals surface area contributed by atoms with Crippen LogP contribution < -0.4 is 15.0 Å². The number of anilines is 2. The summed E-state index contributed by atoms with van der Waals surface area (Å²) in [6.45, 7) is 6.62. The third-order valence-corrected chi connectivity index (χ3v) is 4.83. The zero-order valence-corrected chi connectivity index (χ0v) is 17.5. The first-order valence-corrected chi connectivity index (χ1v) is 10.3. The van der Waals surface area contributed by atoms with Gasteiger partial charge in [0.05, 0.1) is 31.1 Å². The summed E-state index contributed by atoms with van der Waals surface area (Å²) in [5.41, 5.74) is 2.93. The summed E-state index contributed by atoms with van der Waals surface area (Å²) in [6, 6.07) is 12.9. The van der Waals surface area contributed by atoms with Crippen molar-refractivity contribution in [3.63, 3.8) is 0 Å². The number of morpholine rings is 1. The summed E-state index contributed by atoms with van der Waals surface area (Å²) >= 11 is 0. The molecule has 0 aromatic heterocycles. The predicted molar refractivity (Wildman–Crippen MR) is 115 cm³/mol. The minimum Gasteiger partial charge on any atom is -0.484 e. The lowest BCUT2D eigenvalue weighted by Gasteiger charge is -2.30. The van der Waals surface area contributed by atoms with Gasteiger partial charge in [-0.1, -0.05) is 19.1 Å². The molecule has 0 saturated carbocycles. The number of carbonyl (C=O) groups is 2. The molecule has 0 radical (unpaired) electrons. The molecule has 7 heteroatoms. The number of aryl methyl sites for hydroxylation is 1. The molecule has 0 atom stereocenters. The lowest BCUT2D eigenvalue weighted by molar-refractivity contribution is -0.118. The first-order chi connectivity index (χ1) is 14.6. The van der Waals surface area contributed by atoms with Gasteiger partial charge in [-0.3, -0.25) is 4.79 Å². The molecule has 0 bridgehead atoms. The van der Waals surface area contributed by atoms with E-state index < -0.39 is 5.97 Å². The minimum atomic E-state index is -0.414. The van der Waals surface area contributed by atoms with E-state index in [1.807, 2.05) is 30.3 Å². The Hall–Kier alpha value is -3.06. The second-order valence-electron chi connectivity index (χ2n) is 6.89. The Labute approximate surface area is 176 Å². The molecular formula is C23H28N2O5. The van der Waals surface area contributed by atoms with Gasteiger partial charge in [-0.05, 0) is 49.2 Å². The van der Waals surface area contributed by atoms with E-state index in [0.29, 0.717) is 43.3 Å². The number of hydrogen-bond acceptors (Lipinski definition) is 6. The number of benzene rings is 2. The van der Waals surface area contributed by atoms with Crippen molar-refractivity contribution in [3.8, 4) is 5.75 Å². The van der Waals surface area contributed by atoms with E-state index in [9.17, 15) is 9.59 Å². The SMILES string of the molecule is CCOC(=O)c1cc(NC(=O)COc2ccc(CC)cc2)ccc1N1CCOCC1. The van der Waals surface area contributed by atoms with Crippen molar-refractivity contribution in [2.45, 2.75) is 20.3 Å². The van der Waals surface area contributed by atoms with Crippen LogP contribution in [0, 0.1) is 0 Å². The Morgan fingerprint density at radius 2 is 1.80 bits per heavy atom. The average molecular weight is 412 g/mol. The first-order valence-electron chi connectivity index (χ1n) is 10.3. The monoisotopic (exact) mass is 412 g/mol. The summed E-state index contributed by atoms with van der Waals surface area (Å²) in [7, 11) is 0. The number of rotatable bonds is 8. The molecule has 1 aliphatic rings. The van der Waals surface area contributed by atoms with Crippen LogP contribution >= 0.6 is 0 Å². The van der Waals surface area contributed by atoms with Crippen LogP contribution in [0.25, 0.3) is 0 Å². The van der Waals surface area contributed by atoms with Gasteiger partial charge in [-0.2, -0.15) is 0 Å². The molecule has 2 aromatic rings. The highest BCUT2D eigenvalue weighted by molar-refractivity contribution is 5.99. The molecule has 1 saturated heterocycles. The number of nitrogens with one attached hydrogen (secondary N) is 1. The van der Waals surface area contributed by atoms with Gasteiger partial charge in [0.1, 0.15) is 5.75 Å². The Kier molecular flexibility index (Phi) is 7.68. The quantitative estimate of drug-likeness (QED) is 0.671. The predicted octanol–water partition coefficient (Wildman–Crippen LogP) is 3.28. The smallest absolute Gasteiger partial charge is 0.340 e. The van der Waals surface area contributed by atoms with Gasteiger partial charge >= 0.3 is 5.97 Å². The van der Waals surface area contributed by atoms with Crippen LogP contribution in [0.15, 0.2) is 42.5 Å². The Balaban J connectivity index is 1.67. The molecule has 0 unspecified atom stereocenters. The van der Waals surface area contributed by atoms with Crippen LogP contribution in [0.2, 0.25) is 0 Å². The maximum Gasteiger partial charge on any atom is 0.340 e. The fourth-order valence-corrected chi connectivity index (χ4v) is 3.23. The van der Waals surface area contributed by atoms with Gasteiger partial charge in [0, 0.05) is 18.8 Å². The minimum absolute atomic E-state index is 0.120. The highest BCUT2D eigenvalue weighted by Crippen LogP contribution is 2.26. The molecule has 1 amide bonds. The average Bonchev–Trinajstić information content (AvgIpc) is 2.79. The van der Waals surface area contributed by atoms with Crippen LogP contribution in [0.1, 0.15) is 29.8 Å². The van der Waals surface area contributed by atoms with Crippen molar-refractivity contribution in [1.82, 2.24) is 0 Å². The Morgan fingerprint density at radius 3 is 2.47 bits per heavy atom. The normalized spacial score (nSPS) is 13.6. The summed E-state index contributed by atoms with van der Waals surface area (Å²) in [4.78, 5) is 26.9. The van der Waals surface area contributed by atoms with Crippen LogP contribution in [-0.4, -0.2) is 51.4 Å². The van der Waals surface area contributed by atoms with E-state index in [1.54, 1.807) is 19.1 Å². The highest BCUT2D eigenvalue weighted by atomic mass is 16.5. The molecule has 1 fully saturated rings. The van der Waals surface area contributed by atoms with Crippen molar-refractivity contribution in [2.24, 2.45) is 0 Å². The van der Waals surface area contributed by atoms with E-state index in [1.165, 1.54) is 5.56 Å². The van der Waals surface area contributed by atoms with Gasteiger partial charge < -0.3 is 24.4 Å². The lowest BCUT2D eigenvalue weighted by atomic mass is 10.1. The van der Waals surface area contributed by atoms with E-state index in [2.05, 4.69) is 17.1 Å². The molecule has 160 valence electrons. The van der Waals surface area contributed by atoms with Gasteiger partial charge in [0.25, 0.3) is 5.91 Å². The molecule has 0 aliphatic carbocycles. The molecular weight excluding hydrogens is 384 g/mol. The number of nitrogens with zero attached hydrogens (tertiary/aromatic N) is 1. The zero-order chi connectivity index (χ0) is 21.3. The molecule has 1 heterocycles. The third kappa shape index (κ3) is 5.73. The number of hydrogen-bond donors (Lipinski definition) is 1. The van der Waals surface area contributed by atoms with Crippen molar-refractivity contribution in [2.75, 3.05) is 49.7 Å². The van der Waals surface area contributed by atoms with Gasteiger partial charge in [0.15, 0.2) is 6.61 Å². The largest absolute Gasteiger partial charge is 0.484 e. The molecule has 1 N–H and O–H groups in total. The van der Waals surface area contributed by atoms with Crippen molar-refractivity contribution >= 4 is 23.3 Å². The lowest BCUT2D eigenvalue weighted by Crippen LogP contribution is -2.37. The molecule has 7 nitrogen and oxygen atoms in total. The summed E-state index contributed by atoms with van der Waals surface area (Å²) in [6.07, 6.45) is 0.948. The Bertz CT molecular complexity index is 860. The molecule has 3 rings (SSSR count). The van der Waals surface area contributed by atoms with E-state index in [-0.39, 0.29) is 19.1 Å². The van der Waals surface area contributed by atoms with Gasteiger partial charge in [0.2, 0.25) is 0 Å². The van der Waals surface area contributed by atoms with Crippen LogP contribution in [0.3, 0.4) is 0 Å². The Morgan fingerprint density at radius 1 is 1.07 bits per heavy atom. The maximum absolute atomic E-state index is 12.5. The fraction of sp³-hybridized carbons (Fsp3) is 0.391. The van der Waals surface area contributed by atoms with E-state index in [0.717, 1.165) is 12.1 Å². The maximum atomic E-state index is 12.5. The van der Waals surface area contributed by atoms with Crippen molar-refractivity contribution in [1.29, 1.82) is 0 Å². The van der Waals surface area contributed by atoms with Crippen LogP contribution in [0.5, 0.6) is 5.75 Å². The zero-order valence-electron chi connectivity index (χ0n) is 17.5. The third-order valence-electron chi connectivity index (χ3n) is 4.83. The second-order valence-corrected chi connectivity index (χ2v) is 6.89. The summed E-state index contributed by atoms with van der Waals surface area (Å²) < 4.78 is 16.2. The summed E-state index contributed by atoms with van der Waals surface area (Å²) in [5, 5.41) is 2.79. The number of esters is 1. The number of carbonyl (C=O) groups excluding carboxylic acids is 2.